The van der Waals surface area contributed by atoms with E-state index in [-0.39, 0.29) is 0 Å². The van der Waals surface area contributed by atoms with Gasteiger partial charge < -0.3 is 10.7 Å². The first-order chi connectivity index (χ1) is 7.58. The Morgan fingerprint density at radius 2 is 2.50 bits per heavy atom. The predicted molar refractivity (Wildman–Crippen MR) is 73.3 cm³/mol. The van der Waals surface area contributed by atoms with E-state index in [9.17, 15) is 4.39 Å². The molecule has 0 radical (unpaired) electrons. The van der Waals surface area contributed by atoms with Crippen LogP contribution in [0.25, 0.3) is 0 Å². The van der Waals surface area contributed by atoms with Crippen molar-refractivity contribution >= 4 is 44.7 Å². The third-order valence-electron chi connectivity index (χ3n) is 1.81. The van der Waals surface area contributed by atoms with Gasteiger partial charge in [0.05, 0.1) is 11.2 Å². The van der Waals surface area contributed by atoms with Gasteiger partial charge in [-0.15, -0.1) is 5.10 Å². The number of halogens is 3. The van der Waals surface area contributed by atoms with Crippen LogP contribution in [0.1, 0.15) is 6.92 Å². The largest absolute Gasteiger partial charge is 0.379 e. The van der Waals surface area contributed by atoms with E-state index >= 15 is 0 Å². The van der Waals surface area contributed by atoms with Gasteiger partial charge in [-0.05, 0) is 45.4 Å². The molecule has 0 spiro atoms. The van der Waals surface area contributed by atoms with E-state index in [0.29, 0.717) is 15.8 Å². The summed E-state index contributed by atoms with van der Waals surface area (Å²) in [4.78, 5) is 0. The highest BCUT2D eigenvalue weighted by Crippen LogP contribution is 2.12. The van der Waals surface area contributed by atoms with E-state index in [0.717, 1.165) is 11.2 Å². The lowest BCUT2D eigenvalue weighted by Crippen LogP contribution is -2.14. The van der Waals surface area contributed by atoms with Crippen LogP contribution in [-0.2, 0) is 6.54 Å². The molecule has 0 aliphatic carbocycles. The highest BCUT2D eigenvalue weighted by Gasteiger charge is 2.08. The minimum Gasteiger partial charge on any atom is -0.379 e. The fourth-order valence-corrected chi connectivity index (χ4v) is 2.14. The van der Waals surface area contributed by atoms with Crippen molar-refractivity contribution in [2.24, 2.45) is 0 Å². The average Bonchev–Trinajstić information content (AvgIpc) is 2.54. The highest BCUT2D eigenvalue weighted by atomic mass is 127. The third-order valence-corrected chi connectivity index (χ3v) is 3.47. The van der Waals surface area contributed by atoms with Crippen molar-refractivity contribution in [3.05, 3.63) is 25.9 Å². The molecule has 0 bridgehead atoms. The molecule has 0 aliphatic rings. The van der Waals surface area contributed by atoms with E-state index < -0.39 is 5.95 Å². The molecule has 0 atom stereocenters. The standard InChI is InChI=1S/C9H11BrFIN4/c1-2-14-9(10)6(4-13)5-16-8(12)3-7(11)15-16/h3-4,13-14H,2,5H2,1H3/b9-6+,13-4?. The van der Waals surface area contributed by atoms with Crippen molar-refractivity contribution in [3.63, 3.8) is 0 Å². The first kappa shape index (κ1) is 13.6. The minimum absolute atomic E-state index is 0.360. The molecule has 0 saturated carbocycles. The van der Waals surface area contributed by atoms with Gasteiger partial charge in [0.1, 0.15) is 3.70 Å². The maximum Gasteiger partial charge on any atom is 0.233 e. The Morgan fingerprint density at radius 1 is 1.81 bits per heavy atom. The van der Waals surface area contributed by atoms with Gasteiger partial charge in [-0.25, -0.2) is 0 Å². The number of nitrogens with zero attached hydrogens (tertiary/aromatic N) is 2. The monoisotopic (exact) mass is 400 g/mol. The number of aromatic nitrogens is 2. The number of hydrogen-bond donors (Lipinski definition) is 2. The Morgan fingerprint density at radius 3 is 2.94 bits per heavy atom. The topological polar surface area (TPSA) is 53.7 Å². The number of nitrogens with one attached hydrogen (secondary N) is 2. The van der Waals surface area contributed by atoms with Gasteiger partial charge in [-0.1, -0.05) is 0 Å². The van der Waals surface area contributed by atoms with Gasteiger partial charge in [-0.2, -0.15) is 4.39 Å². The summed E-state index contributed by atoms with van der Waals surface area (Å²) >= 11 is 5.34. The summed E-state index contributed by atoms with van der Waals surface area (Å²) in [5.41, 5.74) is 0.711. The Bertz CT molecular complexity index is 416. The molecule has 0 unspecified atom stereocenters. The molecule has 1 aromatic rings. The van der Waals surface area contributed by atoms with Crippen molar-refractivity contribution in [1.82, 2.24) is 15.1 Å². The van der Waals surface area contributed by atoms with E-state index in [1.807, 2.05) is 29.5 Å². The van der Waals surface area contributed by atoms with Crippen LogP contribution in [0.2, 0.25) is 0 Å². The summed E-state index contributed by atoms with van der Waals surface area (Å²) < 4.78 is 15.8. The zero-order chi connectivity index (χ0) is 12.1. The molecule has 1 aromatic heterocycles. The second kappa shape index (κ2) is 6.33. The number of hydrogen-bond acceptors (Lipinski definition) is 3. The van der Waals surface area contributed by atoms with Gasteiger partial charge in [-0.3, -0.25) is 4.68 Å². The molecule has 16 heavy (non-hydrogen) atoms. The van der Waals surface area contributed by atoms with Crippen molar-refractivity contribution in [3.8, 4) is 0 Å². The molecular formula is C9H11BrFIN4. The van der Waals surface area contributed by atoms with E-state index in [1.54, 1.807) is 0 Å². The Labute approximate surface area is 115 Å². The summed E-state index contributed by atoms with van der Waals surface area (Å²) in [6, 6.07) is 1.35. The van der Waals surface area contributed by atoms with Crippen molar-refractivity contribution in [2.45, 2.75) is 13.5 Å². The SMILES string of the molecule is CCN/C(Br)=C(\C=N)Cn1nc(F)cc1I. The van der Waals surface area contributed by atoms with Gasteiger partial charge in [0.2, 0.25) is 5.95 Å². The average molecular weight is 401 g/mol. The van der Waals surface area contributed by atoms with Crippen LogP contribution < -0.4 is 5.32 Å². The lowest BCUT2D eigenvalue weighted by atomic mass is 10.3. The smallest absolute Gasteiger partial charge is 0.233 e. The van der Waals surface area contributed by atoms with Crippen LogP contribution in [0.4, 0.5) is 4.39 Å². The maximum absolute atomic E-state index is 12.9. The third kappa shape index (κ3) is 3.55. The molecule has 0 aromatic carbocycles. The molecule has 2 N–H and O–H groups in total. The molecular weight excluding hydrogens is 390 g/mol. The molecule has 0 saturated heterocycles. The van der Waals surface area contributed by atoms with Crippen LogP contribution in [0.3, 0.4) is 0 Å². The van der Waals surface area contributed by atoms with Gasteiger partial charge >= 0.3 is 0 Å². The molecule has 0 fully saturated rings. The Kier molecular flexibility index (Phi) is 5.39. The van der Waals surface area contributed by atoms with E-state index in [1.165, 1.54) is 17.0 Å². The van der Waals surface area contributed by atoms with Crippen LogP contribution in [0.15, 0.2) is 16.2 Å². The Hall–Kier alpha value is -0.440. The second-order valence-corrected chi connectivity index (χ2v) is 4.86. The summed E-state index contributed by atoms with van der Waals surface area (Å²) in [5.74, 6) is -0.506. The fourth-order valence-electron chi connectivity index (χ4n) is 1.08. The molecule has 7 heteroatoms. The molecule has 1 heterocycles. The van der Waals surface area contributed by atoms with E-state index in [2.05, 4.69) is 26.3 Å². The quantitative estimate of drug-likeness (QED) is 0.453. The van der Waals surface area contributed by atoms with Crippen molar-refractivity contribution in [2.75, 3.05) is 6.54 Å². The van der Waals surface area contributed by atoms with Gasteiger partial charge in [0.15, 0.2) is 0 Å². The molecule has 0 amide bonds. The predicted octanol–water partition coefficient (Wildman–Crippen LogP) is 2.49. The molecule has 0 aliphatic heterocycles. The Balaban J connectivity index is 2.89. The molecule has 4 nitrogen and oxygen atoms in total. The zero-order valence-electron chi connectivity index (χ0n) is 8.60. The zero-order valence-corrected chi connectivity index (χ0v) is 12.3. The number of allylic oxidation sites excluding steroid dienone is 1. The summed E-state index contributed by atoms with van der Waals surface area (Å²) in [7, 11) is 0. The van der Waals surface area contributed by atoms with Crippen LogP contribution >= 0.6 is 38.5 Å². The highest BCUT2D eigenvalue weighted by molar-refractivity contribution is 14.1. The minimum atomic E-state index is -0.506. The summed E-state index contributed by atoms with van der Waals surface area (Å²) in [5, 5.41) is 14.1. The number of rotatable bonds is 5. The maximum atomic E-state index is 12.9. The first-order valence-corrected chi connectivity index (χ1v) is 6.47. The fraction of sp³-hybridized carbons (Fsp3) is 0.333. The first-order valence-electron chi connectivity index (χ1n) is 4.60. The summed E-state index contributed by atoms with van der Waals surface area (Å²) in [6.07, 6.45) is 1.22. The van der Waals surface area contributed by atoms with Crippen molar-refractivity contribution < 1.29 is 4.39 Å². The molecule has 88 valence electrons. The normalized spacial score (nSPS) is 12.2. The summed E-state index contributed by atoms with van der Waals surface area (Å²) in [6.45, 7) is 3.07. The van der Waals surface area contributed by atoms with Gasteiger partial charge in [0, 0.05) is 24.4 Å². The molecule has 1 rings (SSSR count). The van der Waals surface area contributed by atoms with Gasteiger partial charge in [0.25, 0.3) is 0 Å². The second-order valence-electron chi connectivity index (χ2n) is 2.96. The van der Waals surface area contributed by atoms with E-state index in [4.69, 9.17) is 5.41 Å². The van der Waals surface area contributed by atoms with Crippen molar-refractivity contribution in [1.29, 1.82) is 5.41 Å². The lowest BCUT2D eigenvalue weighted by Gasteiger charge is -2.08. The van der Waals surface area contributed by atoms with Crippen LogP contribution in [-0.4, -0.2) is 22.5 Å². The van der Waals surface area contributed by atoms with Crippen LogP contribution in [0, 0.1) is 15.1 Å². The van der Waals surface area contributed by atoms with Crippen LogP contribution in [0.5, 0.6) is 0 Å². The lowest BCUT2D eigenvalue weighted by molar-refractivity contribution is 0.538.